The number of hydrogen-bond donors (Lipinski definition) is 2. The number of allylic oxidation sites excluding steroid dienone is 4. The predicted octanol–water partition coefficient (Wildman–Crippen LogP) is 2.47. The van der Waals surface area contributed by atoms with Crippen LogP contribution in [-0.4, -0.2) is 16.2 Å². The van der Waals surface area contributed by atoms with Gasteiger partial charge in [-0.15, -0.1) is 0 Å². The molecule has 0 saturated carbocycles. The van der Waals surface area contributed by atoms with Crippen LogP contribution in [0.25, 0.3) is 0 Å². The van der Waals surface area contributed by atoms with Crippen molar-refractivity contribution in [3.8, 4) is 5.75 Å². The van der Waals surface area contributed by atoms with E-state index >= 15 is 0 Å². The maximum absolute atomic E-state index is 10.3. The average Bonchev–Trinajstić information content (AvgIpc) is 2.70. The fourth-order valence-electron chi connectivity index (χ4n) is 1.10. The van der Waals surface area contributed by atoms with E-state index in [1.165, 1.54) is 22.4 Å². The zero-order valence-electron chi connectivity index (χ0n) is 8.55. The van der Waals surface area contributed by atoms with Crippen molar-refractivity contribution >= 4 is 5.97 Å². The molecule has 0 aromatic heterocycles. The van der Waals surface area contributed by atoms with E-state index in [-0.39, 0.29) is 11.3 Å². The SMILES string of the molecule is O=C(O)c1ccccc1O.[Ti][C]1=CC=CC1. The van der Waals surface area contributed by atoms with Crippen LogP contribution >= 0.6 is 0 Å². The average molecular weight is 251 g/mol. The number of hydrogen-bond acceptors (Lipinski definition) is 2. The minimum absolute atomic E-state index is 0.0671. The van der Waals surface area contributed by atoms with Gasteiger partial charge in [-0.3, -0.25) is 0 Å². The molecule has 1 aromatic rings. The number of carbonyl (C=O) groups is 1. The number of carboxylic acid groups (broad SMARTS) is 1. The van der Waals surface area contributed by atoms with Gasteiger partial charge in [0.05, 0.1) is 0 Å². The number of aromatic hydroxyl groups is 1. The van der Waals surface area contributed by atoms with E-state index in [0.29, 0.717) is 0 Å². The second-order valence-corrected chi connectivity index (χ2v) is 4.15. The van der Waals surface area contributed by atoms with Gasteiger partial charge in [0.25, 0.3) is 0 Å². The first-order chi connectivity index (χ1) is 7.61. The Balaban J connectivity index is 0.000000181. The summed E-state index contributed by atoms with van der Waals surface area (Å²) in [5, 5.41) is 17.3. The molecule has 81 valence electrons. The molecular formula is C12H11O3Ti. The standard InChI is InChI=1S/C7H6O3.C5H5.Ti/c8-6-4-2-1-3-5(6)7(9)10;1-2-4-5-3-1;/h1-4,8H,(H,9,10);1-3H,4H2;. The summed E-state index contributed by atoms with van der Waals surface area (Å²) in [7, 11) is 0. The Labute approximate surface area is 106 Å². The fourth-order valence-corrected chi connectivity index (χ4v) is 1.44. The molecule has 0 fully saturated rings. The minimum atomic E-state index is -1.11. The van der Waals surface area contributed by atoms with Gasteiger partial charge in [-0.1, -0.05) is 12.1 Å². The third-order valence-corrected chi connectivity index (χ3v) is 2.48. The van der Waals surface area contributed by atoms with Gasteiger partial charge in [0, 0.05) is 0 Å². The first-order valence-corrected chi connectivity index (χ1v) is 5.48. The Kier molecular flexibility index (Phi) is 5.03. The normalized spacial score (nSPS) is 12.6. The van der Waals surface area contributed by atoms with Gasteiger partial charge in [-0.05, 0) is 12.1 Å². The van der Waals surface area contributed by atoms with Crippen LogP contribution in [0, 0.1) is 0 Å². The van der Waals surface area contributed by atoms with Crippen LogP contribution in [0.1, 0.15) is 16.8 Å². The zero-order chi connectivity index (χ0) is 12.0. The predicted molar refractivity (Wildman–Crippen MR) is 56.9 cm³/mol. The topological polar surface area (TPSA) is 57.5 Å². The molecule has 1 aliphatic rings. The second-order valence-electron chi connectivity index (χ2n) is 3.15. The van der Waals surface area contributed by atoms with E-state index < -0.39 is 5.97 Å². The Morgan fingerprint density at radius 2 is 2.00 bits per heavy atom. The van der Waals surface area contributed by atoms with Crippen LogP contribution in [0.5, 0.6) is 5.75 Å². The molecule has 1 aliphatic carbocycles. The van der Waals surface area contributed by atoms with Crippen LogP contribution in [0.15, 0.2) is 46.4 Å². The number of rotatable bonds is 1. The summed E-state index contributed by atoms with van der Waals surface area (Å²) in [4.78, 5) is 10.3. The van der Waals surface area contributed by atoms with Gasteiger partial charge in [0.2, 0.25) is 0 Å². The fraction of sp³-hybridized carbons (Fsp3) is 0.0833. The molecule has 0 radical (unpaired) electrons. The quantitative estimate of drug-likeness (QED) is 0.754. The van der Waals surface area contributed by atoms with E-state index in [2.05, 4.69) is 38.7 Å². The summed E-state index contributed by atoms with van der Waals surface area (Å²) in [6, 6.07) is 5.81. The maximum atomic E-state index is 10.3. The number of carboxylic acids is 1. The van der Waals surface area contributed by atoms with E-state index in [1.807, 2.05) is 0 Å². The molecule has 4 heteroatoms. The molecule has 0 saturated heterocycles. The van der Waals surface area contributed by atoms with E-state index in [9.17, 15) is 4.79 Å². The van der Waals surface area contributed by atoms with E-state index in [4.69, 9.17) is 10.2 Å². The Bertz CT molecular complexity index is 436. The third-order valence-electron chi connectivity index (χ3n) is 1.91. The van der Waals surface area contributed by atoms with Crippen molar-refractivity contribution in [2.24, 2.45) is 0 Å². The molecule has 2 N–H and O–H groups in total. The molecule has 3 nitrogen and oxygen atoms in total. The van der Waals surface area contributed by atoms with Crippen molar-refractivity contribution in [2.75, 3.05) is 0 Å². The van der Waals surface area contributed by atoms with Gasteiger partial charge in [-0.2, -0.15) is 0 Å². The van der Waals surface area contributed by atoms with Crippen molar-refractivity contribution in [1.82, 2.24) is 0 Å². The molecule has 0 bridgehead atoms. The molecule has 0 amide bonds. The zero-order valence-corrected chi connectivity index (χ0v) is 10.1. The molecule has 2 rings (SSSR count). The second kappa shape index (κ2) is 6.31. The van der Waals surface area contributed by atoms with Gasteiger partial charge in [0.1, 0.15) is 11.3 Å². The van der Waals surface area contributed by atoms with Crippen LogP contribution in [0.2, 0.25) is 0 Å². The summed E-state index contributed by atoms with van der Waals surface area (Å²) in [5.74, 6) is -1.31. The van der Waals surface area contributed by atoms with Crippen molar-refractivity contribution in [3.63, 3.8) is 0 Å². The molecule has 0 spiro atoms. The summed E-state index contributed by atoms with van der Waals surface area (Å²) in [6.45, 7) is 0. The number of para-hydroxylation sites is 1. The number of aromatic carboxylic acids is 1. The van der Waals surface area contributed by atoms with E-state index in [0.717, 1.165) is 0 Å². The summed E-state index contributed by atoms with van der Waals surface area (Å²) in [6.07, 6.45) is 7.56. The molecule has 0 heterocycles. The Morgan fingerprint density at radius 3 is 2.31 bits per heavy atom. The summed E-state index contributed by atoms with van der Waals surface area (Å²) in [5.41, 5.74) is -0.0671. The van der Waals surface area contributed by atoms with Gasteiger partial charge < -0.3 is 10.2 Å². The van der Waals surface area contributed by atoms with Gasteiger partial charge >= 0.3 is 54.9 Å². The number of benzene rings is 1. The van der Waals surface area contributed by atoms with Crippen LogP contribution in [0.4, 0.5) is 0 Å². The molecule has 0 aliphatic heterocycles. The first kappa shape index (κ1) is 12.8. The first-order valence-electron chi connectivity index (χ1n) is 4.70. The summed E-state index contributed by atoms with van der Waals surface area (Å²) >= 11 is 2.14. The van der Waals surface area contributed by atoms with Gasteiger partial charge in [0.15, 0.2) is 0 Å². The molecule has 0 atom stereocenters. The van der Waals surface area contributed by atoms with Crippen LogP contribution in [-0.2, 0) is 20.4 Å². The third kappa shape index (κ3) is 4.05. The van der Waals surface area contributed by atoms with Crippen LogP contribution < -0.4 is 0 Å². The van der Waals surface area contributed by atoms with Crippen LogP contribution in [0.3, 0.4) is 0 Å². The monoisotopic (exact) mass is 251 g/mol. The number of phenols is 1. The molecular weight excluding hydrogens is 240 g/mol. The summed E-state index contributed by atoms with van der Waals surface area (Å²) < 4.78 is 1.47. The van der Waals surface area contributed by atoms with Crippen molar-refractivity contribution in [1.29, 1.82) is 0 Å². The van der Waals surface area contributed by atoms with Crippen molar-refractivity contribution < 1.29 is 35.4 Å². The van der Waals surface area contributed by atoms with Gasteiger partial charge in [-0.25, -0.2) is 4.79 Å². The Morgan fingerprint density at radius 1 is 1.31 bits per heavy atom. The molecule has 0 unspecified atom stereocenters. The Hall–Kier alpha value is -1.32. The van der Waals surface area contributed by atoms with Crippen molar-refractivity contribution in [2.45, 2.75) is 6.42 Å². The molecule has 1 aromatic carbocycles. The molecule has 16 heavy (non-hydrogen) atoms. The van der Waals surface area contributed by atoms with Crippen molar-refractivity contribution in [3.05, 3.63) is 51.9 Å². The van der Waals surface area contributed by atoms with E-state index in [1.54, 1.807) is 12.1 Å².